The Morgan fingerprint density at radius 3 is 2.81 bits per heavy atom. The van der Waals surface area contributed by atoms with Gasteiger partial charge in [0.15, 0.2) is 0 Å². The topological polar surface area (TPSA) is 17.8 Å². The van der Waals surface area contributed by atoms with E-state index >= 15 is 0 Å². The summed E-state index contributed by atoms with van der Waals surface area (Å²) in [7, 11) is 0. The highest BCUT2D eigenvalue weighted by atomic mass is 127. The van der Waals surface area contributed by atoms with Gasteiger partial charge in [0.2, 0.25) is 0 Å². The fourth-order valence-corrected chi connectivity index (χ4v) is 2.13. The van der Waals surface area contributed by atoms with Gasteiger partial charge < -0.3 is 0 Å². The highest BCUT2D eigenvalue weighted by molar-refractivity contribution is 14.1. The Hall–Kier alpha value is -0.140. The van der Waals surface area contributed by atoms with Crippen LogP contribution >= 0.6 is 50.1 Å². The lowest BCUT2D eigenvalue weighted by Crippen LogP contribution is -2.00. The van der Waals surface area contributed by atoms with E-state index in [4.69, 9.17) is 11.6 Å². The highest BCUT2D eigenvalue weighted by Gasteiger charge is 2.05. The minimum atomic E-state index is -0.403. The van der Waals surface area contributed by atoms with Gasteiger partial charge in [0.25, 0.3) is 0 Å². The molecule has 1 aromatic carbocycles. The van der Waals surface area contributed by atoms with Gasteiger partial charge in [-0.15, -0.1) is 0 Å². The van der Waals surface area contributed by atoms with E-state index in [1.54, 1.807) is 16.8 Å². The summed E-state index contributed by atoms with van der Waals surface area (Å²) in [5.41, 5.74) is 0.827. The van der Waals surface area contributed by atoms with Crippen LogP contribution in [0.5, 0.6) is 0 Å². The number of nitrogens with zero attached hydrogens (tertiary/aromatic N) is 2. The van der Waals surface area contributed by atoms with Gasteiger partial charge in [0.05, 0.1) is 16.0 Å². The Bertz CT molecular complexity index is 510. The van der Waals surface area contributed by atoms with Gasteiger partial charge in [-0.25, -0.2) is 4.39 Å². The molecule has 1 heterocycles. The molecule has 2 aromatic rings. The van der Waals surface area contributed by atoms with Gasteiger partial charge in [-0.05, 0) is 56.2 Å². The summed E-state index contributed by atoms with van der Waals surface area (Å²) in [6.07, 6.45) is 1.86. The largest absolute Gasteiger partial charge is 0.266 e. The molecule has 16 heavy (non-hydrogen) atoms. The zero-order valence-electron chi connectivity index (χ0n) is 7.92. The van der Waals surface area contributed by atoms with Crippen molar-refractivity contribution in [3.63, 3.8) is 0 Å². The Kier molecular flexibility index (Phi) is 3.86. The molecule has 0 aliphatic rings. The average molecular weight is 415 g/mol. The summed E-state index contributed by atoms with van der Waals surface area (Å²) < 4.78 is 16.8. The van der Waals surface area contributed by atoms with E-state index in [0.717, 1.165) is 13.7 Å². The van der Waals surface area contributed by atoms with Crippen LogP contribution in [0.1, 0.15) is 5.56 Å². The van der Waals surface area contributed by atoms with Crippen LogP contribution in [-0.4, -0.2) is 9.78 Å². The number of benzene rings is 1. The van der Waals surface area contributed by atoms with Gasteiger partial charge in [-0.2, -0.15) is 5.10 Å². The number of halogens is 4. The van der Waals surface area contributed by atoms with Crippen LogP contribution in [0.15, 0.2) is 28.9 Å². The minimum absolute atomic E-state index is 0.139. The third-order valence-corrected chi connectivity index (χ3v) is 4.43. The lowest BCUT2D eigenvalue weighted by Gasteiger charge is -2.02. The van der Waals surface area contributed by atoms with Crippen molar-refractivity contribution in [3.8, 4) is 0 Å². The Morgan fingerprint density at radius 1 is 1.50 bits per heavy atom. The molecule has 0 bridgehead atoms. The second-order valence-corrected chi connectivity index (χ2v) is 5.50. The predicted octanol–water partition coefficient (Wildman–Crippen LogP) is 4.09. The van der Waals surface area contributed by atoms with Crippen molar-refractivity contribution in [3.05, 3.63) is 49.0 Å². The lowest BCUT2D eigenvalue weighted by molar-refractivity contribution is 0.619. The molecule has 0 saturated heterocycles. The van der Waals surface area contributed by atoms with Crippen molar-refractivity contribution in [2.75, 3.05) is 0 Å². The molecule has 2 rings (SSSR count). The van der Waals surface area contributed by atoms with Crippen LogP contribution in [0.4, 0.5) is 4.39 Å². The first-order valence-electron chi connectivity index (χ1n) is 4.38. The second-order valence-electron chi connectivity index (χ2n) is 3.21. The summed E-state index contributed by atoms with van der Waals surface area (Å²) in [5.74, 6) is -0.403. The van der Waals surface area contributed by atoms with Gasteiger partial charge in [0, 0.05) is 6.20 Å². The van der Waals surface area contributed by atoms with Crippen LogP contribution in [-0.2, 0) is 6.54 Å². The van der Waals surface area contributed by atoms with Crippen molar-refractivity contribution in [1.82, 2.24) is 9.78 Å². The zero-order valence-corrected chi connectivity index (χ0v) is 12.4. The molecule has 0 atom stereocenters. The monoisotopic (exact) mass is 414 g/mol. The van der Waals surface area contributed by atoms with E-state index in [2.05, 4.69) is 43.6 Å². The first kappa shape index (κ1) is 12.3. The summed E-state index contributed by atoms with van der Waals surface area (Å²) in [6.45, 7) is 0.524. The maximum atomic E-state index is 13.2. The van der Waals surface area contributed by atoms with Crippen LogP contribution in [0, 0.1) is 9.52 Å². The van der Waals surface area contributed by atoms with Crippen LogP contribution in [0.3, 0.4) is 0 Å². The summed E-state index contributed by atoms with van der Waals surface area (Å²) in [4.78, 5) is 0. The molecule has 0 amide bonds. The third-order valence-electron chi connectivity index (χ3n) is 2.00. The van der Waals surface area contributed by atoms with Crippen LogP contribution in [0.25, 0.3) is 0 Å². The maximum absolute atomic E-state index is 13.2. The molecule has 0 spiro atoms. The first-order chi connectivity index (χ1) is 7.56. The SMILES string of the molecule is Fc1cc(Cn2cc(Br)c(I)n2)ccc1Cl. The number of rotatable bonds is 2. The fraction of sp³-hybridized carbons (Fsp3) is 0.100. The van der Waals surface area contributed by atoms with Crippen molar-refractivity contribution < 1.29 is 4.39 Å². The van der Waals surface area contributed by atoms with E-state index in [-0.39, 0.29) is 5.02 Å². The molecule has 2 nitrogen and oxygen atoms in total. The molecule has 0 aliphatic heterocycles. The zero-order chi connectivity index (χ0) is 11.7. The molecule has 6 heteroatoms. The molecule has 1 aromatic heterocycles. The molecule has 0 N–H and O–H groups in total. The summed E-state index contributed by atoms with van der Waals surface area (Å²) in [5, 5.41) is 4.40. The Labute approximate surface area is 119 Å². The van der Waals surface area contributed by atoms with E-state index in [1.807, 2.05) is 6.20 Å². The molecule has 0 fully saturated rings. The number of hydrogen-bond donors (Lipinski definition) is 0. The van der Waals surface area contributed by atoms with Crippen LogP contribution in [0.2, 0.25) is 5.02 Å². The second kappa shape index (κ2) is 5.01. The molecule has 0 saturated carbocycles. The van der Waals surface area contributed by atoms with E-state index in [9.17, 15) is 4.39 Å². The molecular formula is C10H6BrClFIN2. The van der Waals surface area contributed by atoms with Crippen molar-refractivity contribution in [1.29, 1.82) is 0 Å². The normalized spacial score (nSPS) is 10.8. The quantitative estimate of drug-likeness (QED) is 0.676. The van der Waals surface area contributed by atoms with Gasteiger partial charge >= 0.3 is 0 Å². The minimum Gasteiger partial charge on any atom is -0.266 e. The van der Waals surface area contributed by atoms with Crippen molar-refractivity contribution in [2.24, 2.45) is 0 Å². The van der Waals surface area contributed by atoms with Crippen LogP contribution < -0.4 is 0 Å². The van der Waals surface area contributed by atoms with Gasteiger partial charge in [-0.1, -0.05) is 17.7 Å². The Balaban J connectivity index is 2.23. The fourth-order valence-electron chi connectivity index (χ4n) is 1.28. The van der Waals surface area contributed by atoms with Crippen molar-refractivity contribution in [2.45, 2.75) is 6.54 Å². The van der Waals surface area contributed by atoms with Gasteiger partial charge in [-0.3, -0.25) is 4.68 Å². The Morgan fingerprint density at radius 2 is 2.25 bits per heavy atom. The maximum Gasteiger partial charge on any atom is 0.142 e. The molecule has 0 unspecified atom stereocenters. The summed E-state index contributed by atoms with van der Waals surface area (Å²) >= 11 is 11.1. The van der Waals surface area contributed by atoms with Crippen molar-refractivity contribution >= 4 is 50.1 Å². The number of aromatic nitrogens is 2. The van der Waals surface area contributed by atoms with E-state index in [0.29, 0.717) is 6.54 Å². The predicted molar refractivity (Wildman–Crippen MR) is 73.2 cm³/mol. The molecule has 0 radical (unpaired) electrons. The third kappa shape index (κ3) is 2.75. The standard InChI is InChI=1S/C10H6BrClFIN2/c11-7-5-16(15-10(7)14)4-6-1-2-8(12)9(13)3-6/h1-3,5H,4H2. The number of hydrogen-bond acceptors (Lipinski definition) is 1. The molecule has 84 valence electrons. The van der Waals surface area contributed by atoms with Gasteiger partial charge in [0.1, 0.15) is 9.52 Å². The van der Waals surface area contributed by atoms with E-state index in [1.165, 1.54) is 6.07 Å². The van der Waals surface area contributed by atoms with E-state index < -0.39 is 5.82 Å². The molecular weight excluding hydrogens is 409 g/mol. The lowest BCUT2D eigenvalue weighted by atomic mass is 10.2. The average Bonchev–Trinajstić information content (AvgIpc) is 2.52. The highest BCUT2D eigenvalue weighted by Crippen LogP contribution is 2.19. The first-order valence-corrected chi connectivity index (χ1v) is 6.63. The smallest absolute Gasteiger partial charge is 0.142 e. The molecule has 0 aliphatic carbocycles. The summed E-state index contributed by atoms with van der Waals surface area (Å²) in [6, 6.07) is 4.76.